The summed E-state index contributed by atoms with van der Waals surface area (Å²) < 4.78 is 1.79. The van der Waals surface area contributed by atoms with E-state index in [1.807, 2.05) is 32.0 Å². The summed E-state index contributed by atoms with van der Waals surface area (Å²) in [5, 5.41) is 11.4. The van der Waals surface area contributed by atoms with Gasteiger partial charge in [0.1, 0.15) is 5.52 Å². The van der Waals surface area contributed by atoms with Crippen LogP contribution < -0.4 is 5.32 Å². The summed E-state index contributed by atoms with van der Waals surface area (Å²) in [5.41, 5.74) is 3.76. The summed E-state index contributed by atoms with van der Waals surface area (Å²) in [6.45, 7) is 4.68. The lowest BCUT2D eigenvalue weighted by Crippen LogP contribution is -2.12. The number of fused-ring (bicyclic) bond motifs is 1. The number of anilines is 1. The van der Waals surface area contributed by atoms with Crippen molar-refractivity contribution in [1.82, 2.24) is 15.0 Å². The number of hydrogen-bond donors (Lipinski definition) is 1. The van der Waals surface area contributed by atoms with E-state index in [9.17, 15) is 4.79 Å². The van der Waals surface area contributed by atoms with Gasteiger partial charge in [0.05, 0.1) is 16.2 Å². The van der Waals surface area contributed by atoms with Crippen LogP contribution in [0.4, 0.5) is 5.69 Å². The average molecular weight is 315 g/mol. The molecule has 0 bridgehead atoms. The number of rotatable bonds is 3. The number of carbonyl (C=O) groups is 1. The third-order valence-electron chi connectivity index (χ3n) is 3.45. The Bertz CT molecular complexity index is 856. The van der Waals surface area contributed by atoms with E-state index in [-0.39, 0.29) is 5.91 Å². The molecule has 0 atom stereocenters. The standard InChI is InChI=1S/C16H15ClN4O/c1-3-21-15-7-5-11(9-14(15)19-20-21)16(22)18-13-6-4-10(2)8-12(13)17/h4-9H,3H2,1-2H3,(H,18,22). The number of aromatic nitrogens is 3. The molecule has 0 aliphatic heterocycles. The Labute approximate surface area is 132 Å². The highest BCUT2D eigenvalue weighted by Crippen LogP contribution is 2.23. The molecule has 0 saturated heterocycles. The Hall–Kier alpha value is -2.40. The maximum atomic E-state index is 12.3. The number of benzene rings is 2. The number of amides is 1. The zero-order chi connectivity index (χ0) is 15.7. The Morgan fingerprint density at radius 1 is 1.27 bits per heavy atom. The molecule has 6 heteroatoms. The molecule has 0 radical (unpaired) electrons. The largest absolute Gasteiger partial charge is 0.321 e. The van der Waals surface area contributed by atoms with Gasteiger partial charge in [-0.25, -0.2) is 4.68 Å². The van der Waals surface area contributed by atoms with Gasteiger partial charge in [-0.3, -0.25) is 4.79 Å². The molecular formula is C16H15ClN4O. The van der Waals surface area contributed by atoms with Crippen molar-refractivity contribution in [3.63, 3.8) is 0 Å². The molecular weight excluding hydrogens is 300 g/mol. The van der Waals surface area contributed by atoms with Gasteiger partial charge in [0.15, 0.2) is 0 Å². The van der Waals surface area contributed by atoms with Crippen LogP contribution in [0.2, 0.25) is 5.02 Å². The minimum Gasteiger partial charge on any atom is -0.321 e. The second-order valence-electron chi connectivity index (χ2n) is 5.05. The zero-order valence-electron chi connectivity index (χ0n) is 12.3. The highest BCUT2D eigenvalue weighted by atomic mass is 35.5. The lowest BCUT2D eigenvalue weighted by atomic mass is 10.1. The Morgan fingerprint density at radius 3 is 2.82 bits per heavy atom. The summed E-state index contributed by atoms with van der Waals surface area (Å²) in [6.07, 6.45) is 0. The molecule has 0 aliphatic rings. The molecule has 0 spiro atoms. The smallest absolute Gasteiger partial charge is 0.255 e. The van der Waals surface area contributed by atoms with Crippen molar-refractivity contribution in [2.75, 3.05) is 5.32 Å². The van der Waals surface area contributed by atoms with Crippen molar-refractivity contribution in [1.29, 1.82) is 0 Å². The van der Waals surface area contributed by atoms with Gasteiger partial charge in [0, 0.05) is 12.1 Å². The quantitative estimate of drug-likeness (QED) is 0.802. The molecule has 3 aromatic rings. The van der Waals surface area contributed by atoms with Crippen LogP contribution in [0.1, 0.15) is 22.8 Å². The van der Waals surface area contributed by atoms with Crippen LogP contribution in [0.3, 0.4) is 0 Å². The van der Waals surface area contributed by atoms with E-state index in [0.717, 1.165) is 17.6 Å². The lowest BCUT2D eigenvalue weighted by Gasteiger charge is -2.08. The fourth-order valence-electron chi connectivity index (χ4n) is 2.26. The topological polar surface area (TPSA) is 59.8 Å². The van der Waals surface area contributed by atoms with Gasteiger partial charge < -0.3 is 5.32 Å². The van der Waals surface area contributed by atoms with Crippen LogP contribution in [0, 0.1) is 6.92 Å². The zero-order valence-corrected chi connectivity index (χ0v) is 13.1. The number of halogens is 1. The Kier molecular flexibility index (Phi) is 3.81. The van der Waals surface area contributed by atoms with Crippen molar-refractivity contribution >= 4 is 34.2 Å². The van der Waals surface area contributed by atoms with E-state index < -0.39 is 0 Å². The van der Waals surface area contributed by atoms with Gasteiger partial charge in [0.25, 0.3) is 5.91 Å². The third kappa shape index (κ3) is 2.67. The fraction of sp³-hybridized carbons (Fsp3) is 0.188. The van der Waals surface area contributed by atoms with Gasteiger partial charge in [-0.2, -0.15) is 0 Å². The van der Waals surface area contributed by atoms with Gasteiger partial charge in [-0.1, -0.05) is 22.9 Å². The first-order valence-corrected chi connectivity index (χ1v) is 7.37. The lowest BCUT2D eigenvalue weighted by molar-refractivity contribution is 0.102. The average Bonchev–Trinajstić information content (AvgIpc) is 2.92. The van der Waals surface area contributed by atoms with Gasteiger partial charge in [-0.05, 0) is 49.7 Å². The van der Waals surface area contributed by atoms with Crippen LogP contribution in [-0.4, -0.2) is 20.9 Å². The van der Waals surface area contributed by atoms with E-state index >= 15 is 0 Å². The van der Waals surface area contributed by atoms with E-state index in [0.29, 0.717) is 21.8 Å². The molecule has 0 fully saturated rings. The van der Waals surface area contributed by atoms with Gasteiger partial charge in [0.2, 0.25) is 0 Å². The third-order valence-corrected chi connectivity index (χ3v) is 3.76. The second-order valence-corrected chi connectivity index (χ2v) is 5.45. The van der Waals surface area contributed by atoms with Gasteiger partial charge >= 0.3 is 0 Å². The maximum Gasteiger partial charge on any atom is 0.255 e. The number of nitrogens with one attached hydrogen (secondary N) is 1. The normalized spacial score (nSPS) is 10.9. The highest BCUT2D eigenvalue weighted by Gasteiger charge is 2.11. The van der Waals surface area contributed by atoms with Crippen LogP contribution in [-0.2, 0) is 6.54 Å². The minimum atomic E-state index is -0.223. The molecule has 1 aromatic heterocycles. The molecule has 1 N–H and O–H groups in total. The molecule has 3 rings (SSSR count). The number of aryl methyl sites for hydroxylation is 2. The molecule has 5 nitrogen and oxygen atoms in total. The molecule has 112 valence electrons. The van der Waals surface area contributed by atoms with Gasteiger partial charge in [-0.15, -0.1) is 5.10 Å². The minimum absolute atomic E-state index is 0.223. The SMILES string of the molecule is CCn1nnc2cc(C(=O)Nc3ccc(C)cc3Cl)ccc21. The number of carbonyl (C=O) groups excluding carboxylic acids is 1. The van der Waals surface area contributed by atoms with Crippen LogP contribution in [0.25, 0.3) is 11.0 Å². The van der Waals surface area contributed by atoms with Crippen molar-refractivity contribution in [2.24, 2.45) is 0 Å². The molecule has 0 saturated carbocycles. The first kappa shape index (κ1) is 14.5. The highest BCUT2D eigenvalue weighted by molar-refractivity contribution is 6.34. The molecule has 22 heavy (non-hydrogen) atoms. The molecule has 2 aromatic carbocycles. The van der Waals surface area contributed by atoms with E-state index in [1.165, 1.54) is 0 Å². The Morgan fingerprint density at radius 2 is 2.09 bits per heavy atom. The second kappa shape index (κ2) is 5.77. The van der Waals surface area contributed by atoms with Crippen LogP contribution in [0.15, 0.2) is 36.4 Å². The molecule has 0 unspecified atom stereocenters. The van der Waals surface area contributed by atoms with Crippen molar-refractivity contribution in [3.8, 4) is 0 Å². The summed E-state index contributed by atoms with van der Waals surface area (Å²) in [7, 11) is 0. The first-order valence-electron chi connectivity index (χ1n) is 6.99. The van der Waals surface area contributed by atoms with Crippen LogP contribution in [0.5, 0.6) is 0 Å². The van der Waals surface area contributed by atoms with E-state index in [4.69, 9.17) is 11.6 Å². The summed E-state index contributed by atoms with van der Waals surface area (Å²) in [6, 6.07) is 10.8. The molecule has 1 amide bonds. The van der Waals surface area contributed by atoms with Crippen LogP contribution >= 0.6 is 11.6 Å². The number of nitrogens with zero attached hydrogens (tertiary/aromatic N) is 3. The monoisotopic (exact) mass is 314 g/mol. The van der Waals surface area contributed by atoms with Crippen molar-refractivity contribution < 1.29 is 4.79 Å². The fourth-order valence-corrected chi connectivity index (χ4v) is 2.55. The van der Waals surface area contributed by atoms with E-state index in [1.54, 1.807) is 22.9 Å². The molecule has 0 aliphatic carbocycles. The first-order chi connectivity index (χ1) is 10.6. The van der Waals surface area contributed by atoms with Crippen molar-refractivity contribution in [2.45, 2.75) is 20.4 Å². The summed E-state index contributed by atoms with van der Waals surface area (Å²) in [5.74, 6) is -0.223. The maximum absolute atomic E-state index is 12.3. The van der Waals surface area contributed by atoms with E-state index in [2.05, 4.69) is 15.6 Å². The van der Waals surface area contributed by atoms with Crippen molar-refractivity contribution in [3.05, 3.63) is 52.5 Å². The number of hydrogen-bond acceptors (Lipinski definition) is 3. The predicted octanol–water partition coefficient (Wildman–Crippen LogP) is 3.67. The molecule has 1 heterocycles. The Balaban J connectivity index is 1.88. The predicted molar refractivity (Wildman–Crippen MR) is 87.3 cm³/mol. The summed E-state index contributed by atoms with van der Waals surface area (Å²) in [4.78, 5) is 12.3. The summed E-state index contributed by atoms with van der Waals surface area (Å²) >= 11 is 6.14.